The fraction of sp³-hybridized carbons (Fsp3) is 0. The van der Waals surface area contributed by atoms with Gasteiger partial charge < -0.3 is 0 Å². The predicted molar refractivity (Wildman–Crippen MR) is 61.6 cm³/mol. The highest BCUT2D eigenvalue weighted by Gasteiger charge is 2.06. The Morgan fingerprint density at radius 3 is 2.62 bits per heavy atom. The summed E-state index contributed by atoms with van der Waals surface area (Å²) < 4.78 is 13.1. The van der Waals surface area contributed by atoms with E-state index in [0.717, 1.165) is 5.56 Å². The lowest BCUT2D eigenvalue weighted by Crippen LogP contribution is -1.86. The molecule has 0 N–H and O–H groups in total. The van der Waals surface area contributed by atoms with Crippen LogP contribution in [0, 0.1) is 17.1 Å². The first-order valence-electron chi connectivity index (χ1n) is 4.66. The minimum Gasteiger partial charge on any atom is -0.207 e. The molecule has 0 saturated carbocycles. The molecule has 0 saturated heterocycles. The predicted octanol–water partition coefficient (Wildman–Crippen LogP) is 4.02. The van der Waals surface area contributed by atoms with Crippen LogP contribution in [0.1, 0.15) is 5.56 Å². The molecule has 0 aliphatic heterocycles. The van der Waals surface area contributed by atoms with Gasteiger partial charge in [-0.05, 0) is 35.9 Å². The van der Waals surface area contributed by atoms with Crippen LogP contribution in [0.25, 0.3) is 11.1 Å². The zero-order valence-electron chi connectivity index (χ0n) is 8.24. The minimum absolute atomic E-state index is 0.367. The number of benzene rings is 2. The number of hydrogen-bond acceptors (Lipinski definition) is 1. The van der Waals surface area contributed by atoms with Gasteiger partial charge in [-0.3, -0.25) is 0 Å². The van der Waals surface area contributed by atoms with Crippen LogP contribution >= 0.6 is 11.6 Å². The van der Waals surface area contributed by atoms with E-state index in [2.05, 4.69) is 0 Å². The van der Waals surface area contributed by atoms with Gasteiger partial charge in [-0.2, -0.15) is 5.26 Å². The van der Waals surface area contributed by atoms with Crippen molar-refractivity contribution in [2.75, 3.05) is 0 Å². The maximum Gasteiger partial charge on any atom is 0.123 e. The van der Waals surface area contributed by atoms with Gasteiger partial charge in [-0.15, -0.1) is 0 Å². The molecule has 0 aliphatic carbocycles. The van der Waals surface area contributed by atoms with E-state index < -0.39 is 0 Å². The molecular weight excluding hydrogens is 225 g/mol. The van der Waals surface area contributed by atoms with E-state index in [1.54, 1.807) is 24.3 Å². The second-order valence-corrected chi connectivity index (χ2v) is 3.75. The number of halogens is 2. The SMILES string of the molecule is N#Cc1ccc(F)cc1-c1cccc(Cl)c1. The average Bonchev–Trinajstić information content (AvgIpc) is 2.29. The van der Waals surface area contributed by atoms with Gasteiger partial charge in [0.2, 0.25) is 0 Å². The van der Waals surface area contributed by atoms with Gasteiger partial charge in [0, 0.05) is 10.6 Å². The van der Waals surface area contributed by atoms with Crippen molar-refractivity contribution < 1.29 is 4.39 Å². The monoisotopic (exact) mass is 231 g/mol. The van der Waals surface area contributed by atoms with Crippen molar-refractivity contribution in [1.29, 1.82) is 5.26 Å². The third kappa shape index (κ3) is 2.05. The summed E-state index contributed by atoms with van der Waals surface area (Å²) in [4.78, 5) is 0. The molecule has 1 nitrogen and oxygen atoms in total. The number of rotatable bonds is 1. The summed E-state index contributed by atoms with van der Waals surface area (Å²) in [5, 5.41) is 9.50. The number of hydrogen-bond donors (Lipinski definition) is 0. The molecule has 16 heavy (non-hydrogen) atoms. The molecule has 0 atom stereocenters. The van der Waals surface area contributed by atoms with Gasteiger partial charge in [0.1, 0.15) is 5.82 Å². The molecule has 0 bridgehead atoms. The number of nitriles is 1. The second kappa shape index (κ2) is 4.34. The standard InChI is InChI=1S/C13H7ClFN/c14-11-3-1-2-9(6-11)13-7-12(15)5-4-10(13)8-16/h1-7H. The lowest BCUT2D eigenvalue weighted by atomic mass is 10.0. The maximum absolute atomic E-state index is 13.1. The summed E-state index contributed by atoms with van der Waals surface area (Å²) >= 11 is 5.85. The Bertz CT molecular complexity index is 572. The summed E-state index contributed by atoms with van der Waals surface area (Å²) in [5.41, 5.74) is 1.73. The molecule has 2 aromatic rings. The van der Waals surface area contributed by atoms with Gasteiger partial charge in [-0.1, -0.05) is 23.7 Å². The highest BCUT2D eigenvalue weighted by molar-refractivity contribution is 6.30. The molecule has 0 aliphatic rings. The van der Waals surface area contributed by atoms with Crippen molar-refractivity contribution >= 4 is 11.6 Å². The summed E-state index contributed by atoms with van der Waals surface area (Å²) in [5.74, 6) is -0.367. The highest BCUT2D eigenvalue weighted by Crippen LogP contribution is 2.26. The largest absolute Gasteiger partial charge is 0.207 e. The molecule has 0 fully saturated rings. The van der Waals surface area contributed by atoms with E-state index in [1.165, 1.54) is 18.2 Å². The maximum atomic E-state index is 13.1. The first-order valence-corrected chi connectivity index (χ1v) is 5.04. The second-order valence-electron chi connectivity index (χ2n) is 3.31. The minimum atomic E-state index is -0.367. The summed E-state index contributed by atoms with van der Waals surface area (Å²) in [6.45, 7) is 0. The van der Waals surface area contributed by atoms with Gasteiger partial charge >= 0.3 is 0 Å². The van der Waals surface area contributed by atoms with E-state index in [0.29, 0.717) is 16.1 Å². The molecule has 2 aromatic carbocycles. The molecule has 0 unspecified atom stereocenters. The lowest BCUT2D eigenvalue weighted by Gasteiger charge is -2.04. The smallest absolute Gasteiger partial charge is 0.123 e. The van der Waals surface area contributed by atoms with Gasteiger partial charge in [0.25, 0.3) is 0 Å². The van der Waals surface area contributed by atoms with Crippen LogP contribution in [-0.4, -0.2) is 0 Å². The van der Waals surface area contributed by atoms with Crippen molar-refractivity contribution in [3.05, 3.63) is 58.9 Å². The quantitative estimate of drug-likeness (QED) is 0.727. The van der Waals surface area contributed by atoms with Crippen LogP contribution in [0.2, 0.25) is 5.02 Å². The first kappa shape index (κ1) is 10.7. The number of nitrogens with zero attached hydrogens (tertiary/aromatic N) is 1. The molecule has 0 aromatic heterocycles. The third-order valence-corrected chi connectivity index (χ3v) is 2.47. The van der Waals surface area contributed by atoms with Crippen molar-refractivity contribution in [3.8, 4) is 17.2 Å². The van der Waals surface area contributed by atoms with Crippen LogP contribution in [0.5, 0.6) is 0 Å². The van der Waals surface area contributed by atoms with E-state index in [4.69, 9.17) is 16.9 Å². The van der Waals surface area contributed by atoms with Crippen LogP contribution in [0.15, 0.2) is 42.5 Å². The van der Waals surface area contributed by atoms with Crippen LogP contribution in [0.3, 0.4) is 0 Å². The molecule has 2 rings (SSSR count). The summed E-state index contributed by atoms with van der Waals surface area (Å²) in [6, 6.07) is 13.1. The molecule has 3 heteroatoms. The van der Waals surface area contributed by atoms with Crippen LogP contribution < -0.4 is 0 Å². The van der Waals surface area contributed by atoms with Crippen molar-refractivity contribution in [2.45, 2.75) is 0 Å². The molecule has 0 heterocycles. The molecular formula is C13H7ClFN. The fourth-order valence-corrected chi connectivity index (χ4v) is 1.70. The lowest BCUT2D eigenvalue weighted by molar-refractivity contribution is 0.628. The first-order chi connectivity index (χ1) is 7.70. The Labute approximate surface area is 97.7 Å². The van der Waals surface area contributed by atoms with Crippen molar-refractivity contribution in [1.82, 2.24) is 0 Å². The average molecular weight is 232 g/mol. The van der Waals surface area contributed by atoms with Gasteiger partial charge in [0.15, 0.2) is 0 Å². The van der Waals surface area contributed by atoms with Crippen LogP contribution in [-0.2, 0) is 0 Å². The Kier molecular flexibility index (Phi) is 2.89. The normalized spacial score (nSPS) is 9.81. The van der Waals surface area contributed by atoms with Crippen molar-refractivity contribution in [2.24, 2.45) is 0 Å². The summed E-state index contributed by atoms with van der Waals surface area (Å²) in [6.07, 6.45) is 0. The van der Waals surface area contributed by atoms with E-state index >= 15 is 0 Å². The summed E-state index contributed by atoms with van der Waals surface area (Å²) in [7, 11) is 0. The molecule has 0 amide bonds. The molecule has 0 spiro atoms. The van der Waals surface area contributed by atoms with Gasteiger partial charge in [0.05, 0.1) is 11.6 Å². The molecule has 78 valence electrons. The van der Waals surface area contributed by atoms with Crippen LogP contribution in [0.4, 0.5) is 4.39 Å². The zero-order valence-corrected chi connectivity index (χ0v) is 9.00. The van der Waals surface area contributed by atoms with E-state index in [9.17, 15) is 4.39 Å². The Hall–Kier alpha value is -1.85. The zero-order chi connectivity index (χ0) is 11.5. The van der Waals surface area contributed by atoms with Crippen molar-refractivity contribution in [3.63, 3.8) is 0 Å². The fourth-order valence-electron chi connectivity index (χ4n) is 1.51. The van der Waals surface area contributed by atoms with Gasteiger partial charge in [-0.25, -0.2) is 4.39 Å². The Morgan fingerprint density at radius 2 is 1.94 bits per heavy atom. The molecule has 0 radical (unpaired) electrons. The Morgan fingerprint density at radius 1 is 1.12 bits per heavy atom. The topological polar surface area (TPSA) is 23.8 Å². The van der Waals surface area contributed by atoms with E-state index in [1.807, 2.05) is 6.07 Å². The third-order valence-electron chi connectivity index (χ3n) is 2.24. The van der Waals surface area contributed by atoms with E-state index in [-0.39, 0.29) is 5.82 Å². The Balaban J connectivity index is 2.64. The highest BCUT2D eigenvalue weighted by atomic mass is 35.5.